The van der Waals surface area contributed by atoms with E-state index in [1.165, 1.54) is 23.8 Å². The molecule has 5 heteroatoms. The Bertz CT molecular complexity index is 669. The van der Waals surface area contributed by atoms with E-state index in [0.29, 0.717) is 19.0 Å². The summed E-state index contributed by atoms with van der Waals surface area (Å²) in [6.07, 6.45) is 4.66. The molecule has 0 N–H and O–H groups in total. The van der Waals surface area contributed by atoms with Crippen LogP contribution in [0.15, 0.2) is 24.3 Å². The van der Waals surface area contributed by atoms with Gasteiger partial charge in [-0.15, -0.1) is 0 Å². The number of rotatable bonds is 4. The summed E-state index contributed by atoms with van der Waals surface area (Å²) in [6, 6.07) is 8.96. The molecule has 2 fully saturated rings. The molecular weight excluding hydrogens is 320 g/mol. The van der Waals surface area contributed by atoms with Gasteiger partial charge in [-0.2, -0.15) is 0 Å². The van der Waals surface area contributed by atoms with Gasteiger partial charge in [-0.3, -0.25) is 4.90 Å². The maximum atomic E-state index is 11.8. The lowest BCUT2D eigenvalue weighted by Crippen LogP contribution is -2.44. The Morgan fingerprint density at radius 2 is 1.79 bits per heavy atom. The average Bonchev–Trinajstić information content (AvgIpc) is 2.91. The summed E-state index contributed by atoms with van der Waals surface area (Å²) in [5.74, 6) is 0.567. The molecule has 0 aromatic heterocycles. The van der Waals surface area contributed by atoms with E-state index in [1.54, 1.807) is 4.31 Å². The zero-order valence-electron chi connectivity index (χ0n) is 15.2. The highest BCUT2D eigenvalue weighted by Crippen LogP contribution is 2.40. The number of hydrogen-bond donors (Lipinski definition) is 0. The van der Waals surface area contributed by atoms with Gasteiger partial charge in [0.15, 0.2) is 0 Å². The molecule has 3 rings (SSSR count). The van der Waals surface area contributed by atoms with Gasteiger partial charge in [-0.25, -0.2) is 12.7 Å². The first kappa shape index (κ1) is 17.9. The molecule has 1 aromatic rings. The first-order valence-electron chi connectivity index (χ1n) is 9.04. The normalized spacial score (nSPS) is 26.5. The lowest BCUT2D eigenvalue weighted by molar-refractivity contribution is 0.0935. The Balaban J connectivity index is 1.64. The second-order valence-corrected chi connectivity index (χ2v) is 10.0. The van der Waals surface area contributed by atoms with Crippen LogP contribution in [0.2, 0.25) is 0 Å². The van der Waals surface area contributed by atoms with Crippen molar-refractivity contribution >= 4 is 10.0 Å². The molecule has 1 spiro atoms. The molecule has 0 bridgehead atoms. The Morgan fingerprint density at radius 1 is 1.08 bits per heavy atom. The highest BCUT2D eigenvalue weighted by atomic mass is 32.2. The van der Waals surface area contributed by atoms with Gasteiger partial charge in [-0.05, 0) is 48.3 Å². The largest absolute Gasteiger partial charge is 0.298 e. The molecule has 2 aliphatic rings. The standard InChI is InChI=1S/C19H30N2O2S/c1-16(2)18-7-5-17(6-8-18)13-20-11-4-9-19(14-20)10-12-21(15-19)24(3,22)23/h5-8,16H,4,9-15H2,1-3H3. The van der Waals surface area contributed by atoms with Crippen LogP contribution in [0.25, 0.3) is 0 Å². The summed E-state index contributed by atoms with van der Waals surface area (Å²) < 4.78 is 25.3. The zero-order chi connectivity index (χ0) is 17.4. The summed E-state index contributed by atoms with van der Waals surface area (Å²) >= 11 is 0. The Hall–Kier alpha value is -0.910. The molecule has 1 aromatic carbocycles. The van der Waals surface area contributed by atoms with Crippen LogP contribution >= 0.6 is 0 Å². The van der Waals surface area contributed by atoms with E-state index < -0.39 is 10.0 Å². The van der Waals surface area contributed by atoms with E-state index in [0.717, 1.165) is 32.5 Å². The van der Waals surface area contributed by atoms with Crippen LogP contribution in [-0.2, 0) is 16.6 Å². The van der Waals surface area contributed by atoms with E-state index in [9.17, 15) is 8.42 Å². The fourth-order valence-corrected chi connectivity index (χ4v) is 5.15. The minimum absolute atomic E-state index is 0.166. The second-order valence-electron chi connectivity index (χ2n) is 8.06. The molecule has 1 atom stereocenters. The van der Waals surface area contributed by atoms with Gasteiger partial charge in [-0.1, -0.05) is 38.1 Å². The van der Waals surface area contributed by atoms with Crippen LogP contribution < -0.4 is 0 Å². The van der Waals surface area contributed by atoms with E-state index in [1.807, 2.05) is 0 Å². The maximum absolute atomic E-state index is 11.8. The van der Waals surface area contributed by atoms with Crippen molar-refractivity contribution in [2.45, 2.75) is 45.6 Å². The number of hydrogen-bond acceptors (Lipinski definition) is 3. The molecule has 0 aliphatic carbocycles. The zero-order valence-corrected chi connectivity index (χ0v) is 16.0. The number of likely N-dealkylation sites (tertiary alicyclic amines) is 1. The van der Waals surface area contributed by atoms with Crippen LogP contribution in [0.4, 0.5) is 0 Å². The third-order valence-corrected chi connectivity index (χ3v) is 6.92. The van der Waals surface area contributed by atoms with Crippen LogP contribution in [0, 0.1) is 5.41 Å². The van der Waals surface area contributed by atoms with E-state index in [4.69, 9.17) is 0 Å². The third kappa shape index (κ3) is 4.01. The molecule has 2 saturated heterocycles. The minimum atomic E-state index is -3.05. The maximum Gasteiger partial charge on any atom is 0.211 e. The second kappa shape index (κ2) is 6.77. The van der Waals surface area contributed by atoms with Crippen LogP contribution in [0.1, 0.15) is 50.2 Å². The van der Waals surface area contributed by atoms with Gasteiger partial charge in [0.2, 0.25) is 10.0 Å². The molecule has 0 saturated carbocycles. The first-order chi connectivity index (χ1) is 11.3. The van der Waals surface area contributed by atoms with Crippen molar-refractivity contribution in [3.05, 3.63) is 35.4 Å². The molecule has 24 heavy (non-hydrogen) atoms. The molecule has 4 nitrogen and oxygen atoms in total. The minimum Gasteiger partial charge on any atom is -0.298 e. The van der Waals surface area contributed by atoms with Gasteiger partial charge >= 0.3 is 0 Å². The Kier molecular flexibility index (Phi) is 5.05. The van der Waals surface area contributed by atoms with Crippen molar-refractivity contribution in [2.24, 2.45) is 5.41 Å². The predicted octanol–water partition coefficient (Wildman–Crippen LogP) is 3.06. The van der Waals surface area contributed by atoms with Crippen LogP contribution in [-0.4, -0.2) is 50.1 Å². The molecule has 134 valence electrons. The topological polar surface area (TPSA) is 40.6 Å². The molecule has 2 heterocycles. The van der Waals surface area contributed by atoms with E-state index in [2.05, 4.69) is 43.0 Å². The average molecular weight is 351 g/mol. The number of benzene rings is 1. The molecule has 2 aliphatic heterocycles. The van der Waals surface area contributed by atoms with Gasteiger partial charge in [0.1, 0.15) is 0 Å². The van der Waals surface area contributed by atoms with Gasteiger partial charge < -0.3 is 0 Å². The highest BCUT2D eigenvalue weighted by molar-refractivity contribution is 7.88. The van der Waals surface area contributed by atoms with E-state index in [-0.39, 0.29) is 5.41 Å². The summed E-state index contributed by atoms with van der Waals surface area (Å²) in [4.78, 5) is 2.51. The third-order valence-electron chi connectivity index (χ3n) is 5.67. The van der Waals surface area contributed by atoms with Gasteiger partial charge in [0.05, 0.1) is 6.26 Å². The molecule has 1 unspecified atom stereocenters. The summed E-state index contributed by atoms with van der Waals surface area (Å²) in [7, 11) is -3.05. The van der Waals surface area contributed by atoms with Crippen LogP contribution in [0.5, 0.6) is 0 Å². The summed E-state index contributed by atoms with van der Waals surface area (Å²) in [5.41, 5.74) is 2.90. The summed E-state index contributed by atoms with van der Waals surface area (Å²) in [6.45, 7) is 8.94. The van der Waals surface area contributed by atoms with E-state index >= 15 is 0 Å². The van der Waals surface area contributed by atoms with Crippen molar-refractivity contribution in [3.8, 4) is 0 Å². The Morgan fingerprint density at radius 3 is 2.38 bits per heavy atom. The lowest BCUT2D eigenvalue weighted by Gasteiger charge is -2.40. The lowest BCUT2D eigenvalue weighted by atomic mass is 9.79. The van der Waals surface area contributed by atoms with Crippen molar-refractivity contribution in [1.29, 1.82) is 0 Å². The van der Waals surface area contributed by atoms with Gasteiger partial charge in [0, 0.05) is 26.2 Å². The monoisotopic (exact) mass is 350 g/mol. The quantitative estimate of drug-likeness (QED) is 0.838. The van der Waals surface area contributed by atoms with Crippen molar-refractivity contribution in [3.63, 3.8) is 0 Å². The number of nitrogens with zero attached hydrogens (tertiary/aromatic N) is 2. The summed E-state index contributed by atoms with van der Waals surface area (Å²) in [5, 5.41) is 0. The fourth-order valence-electron chi connectivity index (χ4n) is 4.22. The molecule has 0 radical (unpaired) electrons. The SMILES string of the molecule is CC(C)c1ccc(CN2CCCC3(CCN(S(C)(=O)=O)C3)C2)cc1. The fraction of sp³-hybridized carbons (Fsp3) is 0.684. The van der Waals surface area contributed by atoms with Crippen molar-refractivity contribution in [2.75, 3.05) is 32.4 Å². The van der Waals surface area contributed by atoms with Crippen molar-refractivity contribution in [1.82, 2.24) is 9.21 Å². The van der Waals surface area contributed by atoms with Gasteiger partial charge in [0.25, 0.3) is 0 Å². The smallest absolute Gasteiger partial charge is 0.211 e. The molecule has 0 amide bonds. The predicted molar refractivity (Wildman–Crippen MR) is 98.5 cm³/mol. The van der Waals surface area contributed by atoms with Crippen LogP contribution in [0.3, 0.4) is 0 Å². The highest BCUT2D eigenvalue weighted by Gasteiger charge is 2.43. The number of piperidine rings is 1. The van der Waals surface area contributed by atoms with Crippen molar-refractivity contribution < 1.29 is 8.42 Å². The first-order valence-corrected chi connectivity index (χ1v) is 10.9. The number of sulfonamides is 1. The molecular formula is C19H30N2O2S. The Labute approximate surface area is 146 Å².